The molecule has 1 aromatic carbocycles. The number of benzene rings is 1. The fourth-order valence-electron chi connectivity index (χ4n) is 2.65. The van der Waals surface area contributed by atoms with Crippen LogP contribution in [0, 0.1) is 0 Å². The maximum Gasteiger partial charge on any atom is 0.0760 e. The molecule has 0 radical (unpaired) electrons. The third-order valence-corrected chi connectivity index (χ3v) is 3.62. The quantitative estimate of drug-likeness (QED) is 0.779. The van der Waals surface area contributed by atoms with Crippen LogP contribution in [0.3, 0.4) is 0 Å². The minimum atomic E-state index is 0.127. The van der Waals surface area contributed by atoms with Gasteiger partial charge in [0.05, 0.1) is 22.9 Å². The molecule has 0 amide bonds. The van der Waals surface area contributed by atoms with Gasteiger partial charge in [-0.05, 0) is 12.6 Å². The van der Waals surface area contributed by atoms with Crippen LogP contribution in [0.1, 0.15) is 24.4 Å². The number of aryl methyl sites for hydroxylation is 1. The average Bonchev–Trinajstić information content (AvgIpc) is 2.85. The molecule has 108 valence electrons. The number of rotatable bonds is 5. The number of para-hydroxylation sites is 1. The molecule has 0 spiro atoms. The van der Waals surface area contributed by atoms with E-state index in [-0.39, 0.29) is 6.04 Å². The van der Waals surface area contributed by atoms with E-state index < -0.39 is 0 Å². The molecule has 0 bridgehead atoms. The van der Waals surface area contributed by atoms with Crippen LogP contribution in [-0.2, 0) is 13.5 Å². The van der Waals surface area contributed by atoms with E-state index in [1.165, 1.54) is 5.39 Å². The topological polar surface area (TPSA) is 55.6 Å². The zero-order valence-corrected chi connectivity index (χ0v) is 12.3. The summed E-state index contributed by atoms with van der Waals surface area (Å²) in [6.45, 7) is 2.98. The van der Waals surface area contributed by atoms with Gasteiger partial charge in [0.15, 0.2) is 0 Å². The van der Waals surface area contributed by atoms with Crippen molar-refractivity contribution in [2.24, 2.45) is 7.05 Å². The van der Waals surface area contributed by atoms with Gasteiger partial charge in [0.1, 0.15) is 0 Å². The van der Waals surface area contributed by atoms with E-state index in [1.54, 1.807) is 12.4 Å². The molecule has 21 heavy (non-hydrogen) atoms. The summed E-state index contributed by atoms with van der Waals surface area (Å²) in [4.78, 5) is 8.59. The molecule has 1 N–H and O–H groups in total. The Labute approximate surface area is 124 Å². The van der Waals surface area contributed by atoms with Crippen LogP contribution in [0.25, 0.3) is 10.9 Å². The van der Waals surface area contributed by atoms with Crippen molar-refractivity contribution in [3.05, 3.63) is 54.2 Å². The first-order valence-electron chi connectivity index (χ1n) is 7.19. The fourth-order valence-corrected chi connectivity index (χ4v) is 2.65. The molecule has 0 fully saturated rings. The number of nitrogens with zero attached hydrogens (tertiary/aromatic N) is 4. The summed E-state index contributed by atoms with van der Waals surface area (Å²) in [7, 11) is 1.98. The minimum absolute atomic E-state index is 0.127. The van der Waals surface area contributed by atoms with Crippen LogP contribution in [0.2, 0.25) is 0 Å². The number of fused-ring (bicyclic) bond motifs is 1. The summed E-state index contributed by atoms with van der Waals surface area (Å²) in [6, 6.07) is 8.44. The van der Waals surface area contributed by atoms with Gasteiger partial charge in [-0.3, -0.25) is 14.6 Å². The third-order valence-electron chi connectivity index (χ3n) is 3.62. The maximum atomic E-state index is 4.67. The van der Waals surface area contributed by atoms with Crippen LogP contribution in [-0.4, -0.2) is 26.3 Å². The van der Waals surface area contributed by atoms with Gasteiger partial charge in [-0.1, -0.05) is 25.1 Å². The highest BCUT2D eigenvalue weighted by molar-refractivity contribution is 5.81. The second-order valence-electron chi connectivity index (χ2n) is 5.03. The summed E-state index contributed by atoms with van der Waals surface area (Å²) >= 11 is 0. The second-order valence-corrected chi connectivity index (χ2v) is 5.03. The van der Waals surface area contributed by atoms with Crippen LogP contribution in [0.5, 0.6) is 0 Å². The zero-order chi connectivity index (χ0) is 14.7. The maximum absolute atomic E-state index is 4.67. The van der Waals surface area contributed by atoms with Gasteiger partial charge in [-0.25, -0.2) is 0 Å². The van der Waals surface area contributed by atoms with Crippen molar-refractivity contribution in [3.63, 3.8) is 0 Å². The number of nitrogens with one attached hydrogen (secondary N) is 1. The Bertz CT molecular complexity index is 720. The Hall–Kier alpha value is -2.27. The first-order chi connectivity index (χ1) is 10.3. The lowest BCUT2D eigenvalue weighted by Gasteiger charge is -2.15. The molecule has 1 unspecified atom stereocenters. The number of hydrogen-bond acceptors (Lipinski definition) is 4. The van der Waals surface area contributed by atoms with Crippen LogP contribution in [0.4, 0.5) is 0 Å². The lowest BCUT2D eigenvalue weighted by molar-refractivity contribution is 0.527. The van der Waals surface area contributed by atoms with Gasteiger partial charge in [-0.15, -0.1) is 0 Å². The van der Waals surface area contributed by atoms with Crippen molar-refractivity contribution >= 4 is 10.9 Å². The predicted molar refractivity (Wildman–Crippen MR) is 82.9 cm³/mol. The van der Waals surface area contributed by atoms with Gasteiger partial charge >= 0.3 is 0 Å². The van der Waals surface area contributed by atoms with Gasteiger partial charge in [0.2, 0.25) is 0 Å². The van der Waals surface area contributed by atoms with E-state index in [9.17, 15) is 0 Å². The van der Waals surface area contributed by atoms with Gasteiger partial charge in [0, 0.05) is 37.4 Å². The standard InChI is InChI=1S/C16H19N5/c1-3-18-14(15-11-17-8-9-19-15)10-13-12-6-4-5-7-16(12)21(2)20-13/h4-9,11,14,18H,3,10H2,1-2H3. The summed E-state index contributed by atoms with van der Waals surface area (Å²) in [5.74, 6) is 0. The number of hydrogen-bond donors (Lipinski definition) is 1. The molecule has 0 saturated carbocycles. The molecule has 2 heterocycles. The van der Waals surface area contributed by atoms with Crippen molar-refractivity contribution in [1.29, 1.82) is 0 Å². The minimum Gasteiger partial charge on any atom is -0.309 e. The van der Waals surface area contributed by atoms with Crippen molar-refractivity contribution in [2.75, 3.05) is 6.54 Å². The first kappa shape index (κ1) is 13.7. The molecule has 1 atom stereocenters. The van der Waals surface area contributed by atoms with Crippen molar-refractivity contribution in [2.45, 2.75) is 19.4 Å². The normalized spacial score (nSPS) is 12.7. The molecule has 3 rings (SSSR count). The molecule has 5 heteroatoms. The average molecular weight is 281 g/mol. The second kappa shape index (κ2) is 6.01. The van der Waals surface area contributed by atoms with Gasteiger partial charge in [0.25, 0.3) is 0 Å². The molecular formula is C16H19N5. The number of likely N-dealkylation sites (N-methyl/N-ethyl adjacent to an activating group) is 1. The summed E-state index contributed by atoms with van der Waals surface area (Å²) < 4.78 is 1.93. The van der Waals surface area contributed by atoms with E-state index in [2.05, 4.69) is 45.5 Å². The van der Waals surface area contributed by atoms with Crippen molar-refractivity contribution in [3.8, 4) is 0 Å². The highest BCUT2D eigenvalue weighted by Gasteiger charge is 2.17. The molecule has 0 aliphatic rings. The molecule has 0 aliphatic heterocycles. The molecule has 2 aromatic heterocycles. The largest absolute Gasteiger partial charge is 0.309 e. The third kappa shape index (κ3) is 2.78. The Kier molecular flexibility index (Phi) is 3.92. The Morgan fingerprint density at radius 3 is 2.86 bits per heavy atom. The van der Waals surface area contributed by atoms with Gasteiger partial charge < -0.3 is 5.32 Å². The van der Waals surface area contributed by atoms with E-state index >= 15 is 0 Å². The van der Waals surface area contributed by atoms with Crippen LogP contribution >= 0.6 is 0 Å². The molecule has 5 nitrogen and oxygen atoms in total. The zero-order valence-electron chi connectivity index (χ0n) is 12.3. The smallest absolute Gasteiger partial charge is 0.0760 e. The van der Waals surface area contributed by atoms with Gasteiger partial charge in [-0.2, -0.15) is 5.10 Å². The summed E-state index contributed by atoms with van der Waals surface area (Å²) in [6.07, 6.45) is 6.05. The van der Waals surface area contributed by atoms with Crippen molar-refractivity contribution < 1.29 is 0 Å². The Morgan fingerprint density at radius 1 is 1.24 bits per heavy atom. The highest BCUT2D eigenvalue weighted by Crippen LogP contribution is 2.22. The van der Waals surface area contributed by atoms with Crippen molar-refractivity contribution in [1.82, 2.24) is 25.1 Å². The SMILES string of the molecule is CCNC(Cc1nn(C)c2ccccc12)c1cnccn1. The lowest BCUT2D eigenvalue weighted by atomic mass is 10.1. The van der Waals surface area contributed by atoms with Crippen LogP contribution in [0.15, 0.2) is 42.9 Å². The number of aromatic nitrogens is 4. The molecule has 0 saturated heterocycles. The van der Waals surface area contributed by atoms with Crippen LogP contribution < -0.4 is 5.32 Å². The molecular weight excluding hydrogens is 262 g/mol. The summed E-state index contributed by atoms with van der Waals surface area (Å²) in [5, 5.41) is 9.34. The van der Waals surface area contributed by atoms with E-state index in [0.29, 0.717) is 0 Å². The Balaban J connectivity index is 1.95. The van der Waals surface area contributed by atoms with E-state index in [0.717, 1.165) is 29.9 Å². The molecule has 3 aromatic rings. The first-order valence-corrected chi connectivity index (χ1v) is 7.19. The lowest BCUT2D eigenvalue weighted by Crippen LogP contribution is -2.24. The van der Waals surface area contributed by atoms with E-state index in [1.807, 2.05) is 24.0 Å². The monoisotopic (exact) mass is 281 g/mol. The summed E-state index contributed by atoms with van der Waals surface area (Å²) in [5.41, 5.74) is 3.20. The predicted octanol–water partition coefficient (Wildman–Crippen LogP) is 2.26. The highest BCUT2D eigenvalue weighted by atomic mass is 15.3. The Morgan fingerprint density at radius 2 is 2.10 bits per heavy atom. The molecule has 0 aliphatic carbocycles. The fraction of sp³-hybridized carbons (Fsp3) is 0.312. The van der Waals surface area contributed by atoms with E-state index in [4.69, 9.17) is 0 Å².